The number of methoxy groups -OCH3 is 1. The first-order valence-corrected chi connectivity index (χ1v) is 9.59. The van der Waals surface area contributed by atoms with Crippen LogP contribution in [-0.2, 0) is 9.53 Å². The number of para-hydroxylation sites is 2. The zero-order valence-electron chi connectivity index (χ0n) is 16.9. The summed E-state index contributed by atoms with van der Waals surface area (Å²) in [6.07, 6.45) is 0. The van der Waals surface area contributed by atoms with E-state index in [2.05, 4.69) is 10.2 Å². The van der Waals surface area contributed by atoms with Gasteiger partial charge in [0.1, 0.15) is 5.69 Å². The van der Waals surface area contributed by atoms with Gasteiger partial charge in [-0.2, -0.15) is 0 Å². The molecule has 1 unspecified atom stereocenters. The highest BCUT2D eigenvalue weighted by Crippen LogP contribution is 2.24. The summed E-state index contributed by atoms with van der Waals surface area (Å²) >= 11 is 0. The minimum atomic E-state index is -0.511. The minimum Gasteiger partial charge on any atom is -0.465 e. The first kappa shape index (κ1) is 21.3. The van der Waals surface area contributed by atoms with Crippen molar-refractivity contribution in [3.8, 4) is 0 Å². The molecule has 9 heteroatoms. The summed E-state index contributed by atoms with van der Waals surface area (Å²) in [5, 5.41) is 13.7. The van der Waals surface area contributed by atoms with Crippen LogP contribution in [0, 0.1) is 10.1 Å². The molecule has 0 aromatic heterocycles. The number of benzene rings is 2. The lowest BCUT2D eigenvalue weighted by atomic mass is 10.1. The number of ether oxygens (including phenoxy) is 1. The minimum absolute atomic E-state index is 0.107. The van der Waals surface area contributed by atoms with E-state index >= 15 is 0 Å². The molecular formula is C21H24N4O5. The van der Waals surface area contributed by atoms with Crippen LogP contribution in [0.5, 0.6) is 0 Å². The summed E-state index contributed by atoms with van der Waals surface area (Å²) in [5.41, 5.74) is 1.57. The van der Waals surface area contributed by atoms with Gasteiger partial charge in [0.2, 0.25) is 5.91 Å². The fourth-order valence-electron chi connectivity index (χ4n) is 3.50. The third-order valence-corrected chi connectivity index (χ3v) is 5.14. The van der Waals surface area contributed by atoms with Crippen molar-refractivity contribution in [2.45, 2.75) is 13.0 Å². The van der Waals surface area contributed by atoms with Crippen molar-refractivity contribution in [3.63, 3.8) is 0 Å². The number of hydrogen-bond donors (Lipinski definition) is 1. The maximum Gasteiger partial charge on any atom is 0.337 e. The maximum absolute atomic E-state index is 12.4. The Kier molecular flexibility index (Phi) is 6.63. The van der Waals surface area contributed by atoms with Gasteiger partial charge in [-0.15, -0.1) is 0 Å². The smallest absolute Gasteiger partial charge is 0.337 e. The van der Waals surface area contributed by atoms with E-state index in [1.807, 2.05) is 24.0 Å². The maximum atomic E-state index is 12.4. The van der Waals surface area contributed by atoms with Gasteiger partial charge in [0, 0.05) is 37.4 Å². The number of esters is 1. The largest absolute Gasteiger partial charge is 0.465 e. The summed E-state index contributed by atoms with van der Waals surface area (Å²) in [4.78, 5) is 38.9. The number of carbonyl (C=O) groups excluding carboxylic acids is 2. The zero-order chi connectivity index (χ0) is 21.7. The van der Waals surface area contributed by atoms with Gasteiger partial charge in [0.15, 0.2) is 0 Å². The van der Waals surface area contributed by atoms with Crippen LogP contribution < -0.4 is 10.2 Å². The van der Waals surface area contributed by atoms with E-state index in [-0.39, 0.29) is 35.8 Å². The lowest BCUT2D eigenvalue weighted by molar-refractivity contribution is -0.383. The Labute approximate surface area is 174 Å². The van der Waals surface area contributed by atoms with E-state index in [4.69, 9.17) is 4.74 Å². The van der Waals surface area contributed by atoms with Crippen LogP contribution in [0.2, 0.25) is 0 Å². The number of anilines is 2. The Bertz CT molecular complexity index is 931. The summed E-state index contributed by atoms with van der Waals surface area (Å²) in [7, 11) is 1.35. The molecule has 1 N–H and O–H groups in total. The second-order valence-corrected chi connectivity index (χ2v) is 7.13. The molecule has 1 aliphatic heterocycles. The number of nitro benzene ring substituents is 1. The molecule has 30 heavy (non-hydrogen) atoms. The van der Waals surface area contributed by atoms with Gasteiger partial charge in [0.25, 0.3) is 5.69 Å². The van der Waals surface area contributed by atoms with Gasteiger partial charge in [-0.1, -0.05) is 12.1 Å². The Hall–Kier alpha value is -3.46. The van der Waals surface area contributed by atoms with Gasteiger partial charge in [-0.25, -0.2) is 4.79 Å². The predicted molar refractivity (Wildman–Crippen MR) is 113 cm³/mol. The highest BCUT2D eigenvalue weighted by atomic mass is 16.6. The van der Waals surface area contributed by atoms with Crippen LogP contribution in [0.3, 0.4) is 0 Å². The van der Waals surface area contributed by atoms with E-state index < -0.39 is 4.92 Å². The molecule has 1 heterocycles. The Balaban J connectivity index is 1.57. The predicted octanol–water partition coefficient (Wildman–Crippen LogP) is 2.53. The molecule has 1 fully saturated rings. The van der Waals surface area contributed by atoms with Crippen molar-refractivity contribution in [2.75, 3.05) is 43.5 Å². The molecule has 9 nitrogen and oxygen atoms in total. The molecule has 1 atom stereocenters. The van der Waals surface area contributed by atoms with Gasteiger partial charge in [-0.05, 0) is 37.3 Å². The molecule has 3 rings (SSSR count). The molecule has 2 aromatic carbocycles. The van der Waals surface area contributed by atoms with Gasteiger partial charge >= 0.3 is 5.97 Å². The van der Waals surface area contributed by atoms with Crippen molar-refractivity contribution >= 4 is 28.9 Å². The molecule has 0 saturated carbocycles. The molecule has 1 amide bonds. The average Bonchev–Trinajstić information content (AvgIpc) is 2.75. The van der Waals surface area contributed by atoms with Gasteiger partial charge in [0.05, 0.1) is 24.1 Å². The van der Waals surface area contributed by atoms with Crippen LogP contribution in [0.15, 0.2) is 48.5 Å². The van der Waals surface area contributed by atoms with Crippen LogP contribution >= 0.6 is 0 Å². The number of carbonyl (C=O) groups is 2. The van der Waals surface area contributed by atoms with Crippen molar-refractivity contribution < 1.29 is 19.2 Å². The normalized spacial score (nSPS) is 16.7. The number of amides is 1. The number of nitrogens with zero attached hydrogens (tertiary/aromatic N) is 3. The summed E-state index contributed by atoms with van der Waals surface area (Å²) in [6, 6.07) is 13.4. The second kappa shape index (κ2) is 9.36. The van der Waals surface area contributed by atoms with Crippen LogP contribution in [0.25, 0.3) is 0 Å². The van der Waals surface area contributed by atoms with Crippen molar-refractivity contribution in [3.05, 3.63) is 64.2 Å². The van der Waals surface area contributed by atoms with Crippen LogP contribution in [-0.4, -0.2) is 61.0 Å². The molecule has 0 spiro atoms. The third kappa shape index (κ3) is 4.93. The molecule has 2 aromatic rings. The Morgan fingerprint density at radius 2 is 1.87 bits per heavy atom. The van der Waals surface area contributed by atoms with Gasteiger partial charge < -0.3 is 15.0 Å². The lowest BCUT2D eigenvalue weighted by Gasteiger charge is -2.40. The van der Waals surface area contributed by atoms with Crippen LogP contribution in [0.1, 0.15) is 17.3 Å². The number of hydrogen-bond acceptors (Lipinski definition) is 7. The second-order valence-electron chi connectivity index (χ2n) is 7.13. The highest BCUT2D eigenvalue weighted by Gasteiger charge is 2.26. The molecule has 158 valence electrons. The van der Waals surface area contributed by atoms with Crippen molar-refractivity contribution in [2.24, 2.45) is 0 Å². The zero-order valence-corrected chi connectivity index (χ0v) is 16.9. The third-order valence-electron chi connectivity index (χ3n) is 5.14. The lowest BCUT2D eigenvalue weighted by Crippen LogP contribution is -2.53. The number of nitrogens with one attached hydrogen (secondary N) is 1. The topological polar surface area (TPSA) is 105 Å². The standard InChI is InChI=1S/C21H24N4O5/c1-15-13-24(17-9-7-16(8-10-17)21(27)30-2)12-11-23(15)14-20(26)22-18-5-3-4-6-19(18)25(28)29/h3-10,15H,11-14H2,1-2H3,(H,22,26). The Morgan fingerprint density at radius 3 is 2.50 bits per heavy atom. The summed E-state index contributed by atoms with van der Waals surface area (Å²) in [6.45, 7) is 4.30. The van der Waals surface area contributed by atoms with E-state index in [9.17, 15) is 19.7 Å². The SMILES string of the molecule is COC(=O)c1ccc(N2CCN(CC(=O)Nc3ccccc3[N+](=O)[O-])C(C)C2)cc1. The van der Waals surface area contributed by atoms with Crippen LogP contribution in [0.4, 0.5) is 17.1 Å². The monoisotopic (exact) mass is 412 g/mol. The van der Waals surface area contributed by atoms with Crippen molar-refractivity contribution in [1.82, 2.24) is 4.90 Å². The fraction of sp³-hybridized carbons (Fsp3) is 0.333. The summed E-state index contributed by atoms with van der Waals surface area (Å²) < 4.78 is 4.72. The van der Waals surface area contributed by atoms with Gasteiger partial charge in [-0.3, -0.25) is 19.8 Å². The van der Waals surface area contributed by atoms with Crippen molar-refractivity contribution in [1.29, 1.82) is 0 Å². The fourth-order valence-corrected chi connectivity index (χ4v) is 3.50. The molecule has 0 bridgehead atoms. The van der Waals surface area contributed by atoms with E-state index in [0.717, 1.165) is 18.8 Å². The molecular weight excluding hydrogens is 388 g/mol. The molecule has 0 aliphatic carbocycles. The molecule has 0 radical (unpaired) electrons. The van der Waals surface area contributed by atoms with E-state index in [1.165, 1.54) is 19.2 Å². The highest BCUT2D eigenvalue weighted by molar-refractivity contribution is 5.94. The number of nitro groups is 1. The number of piperazine rings is 1. The average molecular weight is 412 g/mol. The molecule has 1 aliphatic rings. The molecule has 1 saturated heterocycles. The number of rotatable bonds is 6. The first-order chi connectivity index (χ1) is 14.4. The van der Waals surface area contributed by atoms with E-state index in [0.29, 0.717) is 12.1 Å². The Morgan fingerprint density at radius 1 is 1.17 bits per heavy atom. The van der Waals surface area contributed by atoms with E-state index in [1.54, 1.807) is 24.3 Å². The first-order valence-electron chi connectivity index (χ1n) is 9.59. The quantitative estimate of drug-likeness (QED) is 0.442. The summed E-state index contributed by atoms with van der Waals surface area (Å²) in [5.74, 6) is -0.656.